The molecule has 33 heavy (non-hydrogen) atoms. The third-order valence-corrected chi connectivity index (χ3v) is 6.23. The second kappa shape index (κ2) is 8.94. The Bertz CT molecular complexity index is 1280. The predicted molar refractivity (Wildman–Crippen MR) is 128 cm³/mol. The monoisotopic (exact) mass is 441 g/mol. The minimum Gasteiger partial charge on any atom is -0.507 e. The van der Waals surface area contributed by atoms with Crippen molar-refractivity contribution in [2.75, 3.05) is 18.4 Å². The number of nitrogens with one attached hydrogen (secondary N) is 1. The van der Waals surface area contributed by atoms with Gasteiger partial charge in [0.2, 0.25) is 5.91 Å². The number of carbonyl (C=O) groups is 1. The van der Waals surface area contributed by atoms with Crippen LogP contribution in [0.25, 0.3) is 16.9 Å². The molecule has 0 spiro atoms. The summed E-state index contributed by atoms with van der Waals surface area (Å²) in [5, 5.41) is 18.4. The number of aromatic hydroxyl groups is 1. The van der Waals surface area contributed by atoms with Crippen molar-refractivity contribution >= 4 is 17.4 Å². The van der Waals surface area contributed by atoms with Crippen LogP contribution in [0.5, 0.6) is 5.75 Å². The molecule has 4 aromatic rings. The average molecular weight is 442 g/mol. The number of anilines is 1. The van der Waals surface area contributed by atoms with E-state index in [1.165, 1.54) is 0 Å². The van der Waals surface area contributed by atoms with E-state index in [0.29, 0.717) is 17.7 Å². The molecule has 0 unspecified atom stereocenters. The Kier molecular flexibility index (Phi) is 5.69. The lowest BCUT2D eigenvalue weighted by molar-refractivity contribution is -0.131. The Labute approximate surface area is 192 Å². The van der Waals surface area contributed by atoms with Crippen molar-refractivity contribution < 1.29 is 9.90 Å². The van der Waals surface area contributed by atoms with Crippen molar-refractivity contribution in [3.63, 3.8) is 0 Å². The van der Waals surface area contributed by atoms with Crippen molar-refractivity contribution in [1.29, 1.82) is 0 Å². The first-order chi connectivity index (χ1) is 16.1. The van der Waals surface area contributed by atoms with Crippen LogP contribution in [-0.4, -0.2) is 49.6 Å². The van der Waals surface area contributed by atoms with Crippen LogP contribution in [0.2, 0.25) is 0 Å². The van der Waals surface area contributed by atoms with E-state index in [-0.39, 0.29) is 17.7 Å². The number of fused-ring (bicyclic) bond motifs is 1. The fraction of sp³-hybridized carbons (Fsp3) is 0.269. The summed E-state index contributed by atoms with van der Waals surface area (Å²) in [5.41, 5.74) is 4.16. The number of piperidine rings is 1. The number of phenols is 1. The van der Waals surface area contributed by atoms with E-state index >= 15 is 0 Å². The number of para-hydroxylation sites is 1. The van der Waals surface area contributed by atoms with Gasteiger partial charge in [0.15, 0.2) is 5.65 Å². The van der Waals surface area contributed by atoms with E-state index in [1.54, 1.807) is 18.3 Å². The number of hydrogen-bond acceptors (Lipinski definition) is 5. The van der Waals surface area contributed by atoms with Crippen molar-refractivity contribution in [2.45, 2.75) is 32.2 Å². The van der Waals surface area contributed by atoms with Crippen molar-refractivity contribution in [1.82, 2.24) is 19.5 Å². The third kappa shape index (κ3) is 4.39. The zero-order chi connectivity index (χ0) is 22.8. The van der Waals surface area contributed by atoms with Gasteiger partial charge in [0, 0.05) is 36.3 Å². The average Bonchev–Trinajstić information content (AvgIpc) is 3.21. The largest absolute Gasteiger partial charge is 0.507 e. The molecule has 5 rings (SSSR count). The predicted octanol–water partition coefficient (Wildman–Crippen LogP) is 4.06. The van der Waals surface area contributed by atoms with Crippen LogP contribution in [-0.2, 0) is 11.2 Å². The number of phenolic OH excluding ortho intramolecular Hbond substituents is 1. The van der Waals surface area contributed by atoms with Crippen molar-refractivity contribution in [3.8, 4) is 17.0 Å². The van der Waals surface area contributed by atoms with Crippen molar-refractivity contribution in [3.05, 3.63) is 78.0 Å². The molecule has 2 N–H and O–H groups in total. The van der Waals surface area contributed by atoms with Crippen LogP contribution in [0.1, 0.15) is 24.0 Å². The molecule has 7 nitrogen and oxygen atoms in total. The van der Waals surface area contributed by atoms with Gasteiger partial charge in [0.05, 0.1) is 18.3 Å². The number of hydrogen-bond donors (Lipinski definition) is 2. The van der Waals surface area contributed by atoms with E-state index in [9.17, 15) is 9.90 Å². The second-order valence-electron chi connectivity index (χ2n) is 8.57. The Morgan fingerprint density at radius 1 is 1.09 bits per heavy atom. The SMILES string of the molecule is Cc1cnn2c(NC3CCN(C(=O)Cc4ccccc4)CC3)cc(-c3ccccc3O)nc12. The number of aryl methyl sites for hydroxylation is 1. The molecule has 0 radical (unpaired) electrons. The first-order valence-electron chi connectivity index (χ1n) is 11.3. The van der Waals surface area contributed by atoms with Gasteiger partial charge in [-0.2, -0.15) is 9.61 Å². The highest BCUT2D eigenvalue weighted by Gasteiger charge is 2.24. The van der Waals surface area contributed by atoms with Gasteiger partial charge in [0.1, 0.15) is 11.6 Å². The Balaban J connectivity index is 1.32. The molecular formula is C26H27N5O2. The van der Waals surface area contributed by atoms with E-state index < -0.39 is 0 Å². The Morgan fingerprint density at radius 3 is 2.58 bits per heavy atom. The van der Waals surface area contributed by atoms with E-state index in [4.69, 9.17) is 4.98 Å². The molecule has 2 aromatic carbocycles. The first kappa shape index (κ1) is 21.0. The zero-order valence-electron chi connectivity index (χ0n) is 18.6. The third-order valence-electron chi connectivity index (χ3n) is 6.23. The summed E-state index contributed by atoms with van der Waals surface area (Å²) in [7, 11) is 0. The van der Waals surface area contributed by atoms with Crippen LogP contribution in [0.3, 0.4) is 0 Å². The summed E-state index contributed by atoms with van der Waals surface area (Å²) >= 11 is 0. The molecule has 0 aliphatic carbocycles. The smallest absolute Gasteiger partial charge is 0.226 e. The quantitative estimate of drug-likeness (QED) is 0.488. The van der Waals surface area contributed by atoms with Gasteiger partial charge >= 0.3 is 0 Å². The summed E-state index contributed by atoms with van der Waals surface area (Å²) in [6, 6.07) is 19.3. The van der Waals surface area contributed by atoms with Crippen molar-refractivity contribution in [2.24, 2.45) is 0 Å². The summed E-state index contributed by atoms with van der Waals surface area (Å²) in [6.45, 7) is 3.43. The zero-order valence-corrected chi connectivity index (χ0v) is 18.6. The maximum Gasteiger partial charge on any atom is 0.226 e. The van der Waals surface area contributed by atoms with Gasteiger partial charge < -0.3 is 15.3 Å². The summed E-state index contributed by atoms with van der Waals surface area (Å²) in [6.07, 6.45) is 3.96. The van der Waals surface area contributed by atoms with Crippen LogP contribution in [0.4, 0.5) is 5.82 Å². The van der Waals surface area contributed by atoms with Gasteiger partial charge in [-0.3, -0.25) is 4.79 Å². The molecule has 1 aliphatic rings. The number of nitrogens with zero attached hydrogens (tertiary/aromatic N) is 4. The van der Waals surface area contributed by atoms with Crippen LogP contribution in [0.15, 0.2) is 66.9 Å². The topological polar surface area (TPSA) is 82.8 Å². The van der Waals surface area contributed by atoms with E-state index in [2.05, 4.69) is 10.4 Å². The van der Waals surface area contributed by atoms with Gasteiger partial charge in [0.25, 0.3) is 0 Å². The van der Waals surface area contributed by atoms with Gasteiger partial charge in [-0.15, -0.1) is 0 Å². The summed E-state index contributed by atoms with van der Waals surface area (Å²) in [5.74, 6) is 1.21. The fourth-order valence-corrected chi connectivity index (χ4v) is 4.37. The van der Waals surface area contributed by atoms with Gasteiger partial charge in [-0.1, -0.05) is 42.5 Å². The number of benzene rings is 2. The molecule has 3 heterocycles. The highest BCUT2D eigenvalue weighted by Crippen LogP contribution is 2.30. The van der Waals surface area contributed by atoms with Crippen LogP contribution < -0.4 is 5.32 Å². The minimum absolute atomic E-state index is 0.176. The molecule has 1 aliphatic heterocycles. The summed E-state index contributed by atoms with van der Waals surface area (Å²) < 4.78 is 1.81. The highest BCUT2D eigenvalue weighted by atomic mass is 16.3. The molecule has 0 bridgehead atoms. The minimum atomic E-state index is 0.176. The lowest BCUT2D eigenvalue weighted by atomic mass is 10.0. The van der Waals surface area contributed by atoms with E-state index in [1.807, 2.05) is 64.9 Å². The molecule has 0 saturated carbocycles. The lowest BCUT2D eigenvalue weighted by Gasteiger charge is -2.33. The van der Waals surface area contributed by atoms with E-state index in [0.717, 1.165) is 48.5 Å². The second-order valence-corrected chi connectivity index (χ2v) is 8.57. The molecular weight excluding hydrogens is 414 g/mol. The fourth-order valence-electron chi connectivity index (χ4n) is 4.37. The molecule has 0 atom stereocenters. The number of amides is 1. The number of rotatable bonds is 5. The molecule has 168 valence electrons. The Hall–Kier alpha value is -3.87. The van der Waals surface area contributed by atoms with Gasteiger partial charge in [-0.05, 0) is 37.5 Å². The molecule has 1 amide bonds. The standard InChI is InChI=1S/C26H27N5O2/c1-18-17-27-31-24(16-22(29-26(18)31)21-9-5-6-10-23(21)32)28-20-11-13-30(14-12-20)25(33)15-19-7-3-2-4-8-19/h2-10,16-17,20,28,32H,11-15H2,1H3. The molecule has 1 saturated heterocycles. The number of likely N-dealkylation sites (tertiary alicyclic amines) is 1. The Morgan fingerprint density at radius 2 is 1.82 bits per heavy atom. The molecule has 2 aromatic heterocycles. The van der Waals surface area contributed by atoms with Gasteiger partial charge in [-0.25, -0.2) is 4.98 Å². The molecule has 7 heteroatoms. The lowest BCUT2D eigenvalue weighted by Crippen LogP contribution is -2.43. The molecule has 1 fully saturated rings. The maximum absolute atomic E-state index is 12.7. The van der Waals surface area contributed by atoms with Crippen LogP contribution >= 0.6 is 0 Å². The first-order valence-corrected chi connectivity index (χ1v) is 11.3. The van der Waals surface area contributed by atoms with Crippen LogP contribution in [0, 0.1) is 6.92 Å². The number of carbonyl (C=O) groups excluding carboxylic acids is 1. The normalized spacial score (nSPS) is 14.5. The maximum atomic E-state index is 12.7. The highest BCUT2D eigenvalue weighted by molar-refractivity contribution is 5.79. The summed E-state index contributed by atoms with van der Waals surface area (Å²) in [4.78, 5) is 19.4. The number of aromatic nitrogens is 3.